The van der Waals surface area contributed by atoms with Crippen molar-refractivity contribution in [2.24, 2.45) is 0 Å². The van der Waals surface area contributed by atoms with Crippen molar-refractivity contribution in [2.45, 2.75) is 42.2 Å². The van der Waals surface area contributed by atoms with Crippen molar-refractivity contribution >= 4 is 15.7 Å². The van der Waals surface area contributed by atoms with Crippen LogP contribution in [0.5, 0.6) is 11.5 Å². The summed E-state index contributed by atoms with van der Waals surface area (Å²) in [4.78, 5) is 10.5. The van der Waals surface area contributed by atoms with Crippen LogP contribution in [0.3, 0.4) is 0 Å². The number of amides is 1. The van der Waals surface area contributed by atoms with Crippen LogP contribution < -0.4 is 20.1 Å². The largest absolute Gasteiger partial charge is 0.497 e. The van der Waals surface area contributed by atoms with E-state index < -0.39 is 20.8 Å². The maximum Gasteiger partial charge on any atom is 0.234 e. The number of benzene rings is 1. The molecule has 0 fully saturated rings. The summed E-state index contributed by atoms with van der Waals surface area (Å²) < 4.78 is 49.0. The second-order valence-electron chi connectivity index (χ2n) is 7.29. The number of carbonyl (C=O) groups excluding carboxylic acids is 1. The van der Waals surface area contributed by atoms with Crippen LogP contribution in [0.25, 0.3) is 0 Å². The second kappa shape index (κ2) is 10.8. The molecule has 3 atom stereocenters. The molecule has 32 heavy (non-hydrogen) atoms. The van der Waals surface area contributed by atoms with E-state index in [0.717, 1.165) is 6.42 Å². The van der Waals surface area contributed by atoms with E-state index in [0.29, 0.717) is 11.5 Å². The molecule has 0 heterocycles. The molecule has 1 amide bonds. The quantitative estimate of drug-likeness (QED) is 0.506. The molecule has 10 heteroatoms. The highest BCUT2D eigenvalue weighted by Gasteiger charge is 2.51. The third-order valence-corrected chi connectivity index (χ3v) is 7.66. The van der Waals surface area contributed by atoms with E-state index in [4.69, 9.17) is 18.9 Å². The molecule has 3 unspecified atom stereocenters. The molecule has 0 spiro atoms. The highest BCUT2D eigenvalue weighted by molar-refractivity contribution is 7.93. The van der Waals surface area contributed by atoms with E-state index in [1.165, 1.54) is 58.8 Å². The number of carbonyl (C=O) groups is 1. The number of methoxy groups -OCH3 is 4. The third-order valence-electron chi connectivity index (χ3n) is 5.39. The number of nitrogens with one attached hydrogen (secondary N) is 2. The first-order valence-electron chi connectivity index (χ1n) is 10.2. The van der Waals surface area contributed by atoms with Crippen molar-refractivity contribution < 1.29 is 32.2 Å². The van der Waals surface area contributed by atoms with Crippen LogP contribution in [0, 0.1) is 0 Å². The fraction of sp³-hybridized carbons (Fsp3) is 0.500. The van der Waals surface area contributed by atoms with Crippen LogP contribution in [0.15, 0.2) is 47.1 Å². The molecule has 0 aromatic heterocycles. The van der Waals surface area contributed by atoms with Gasteiger partial charge in [0, 0.05) is 19.2 Å². The zero-order valence-corrected chi connectivity index (χ0v) is 20.1. The molecule has 0 saturated carbocycles. The van der Waals surface area contributed by atoms with Gasteiger partial charge in [0.25, 0.3) is 0 Å². The predicted octanol–water partition coefficient (Wildman–Crippen LogP) is 1.79. The summed E-state index contributed by atoms with van der Waals surface area (Å²) >= 11 is 0. The number of hydrogen-bond acceptors (Lipinski definition) is 8. The van der Waals surface area contributed by atoms with Gasteiger partial charge in [0.1, 0.15) is 5.76 Å². The van der Waals surface area contributed by atoms with Crippen LogP contribution >= 0.6 is 0 Å². The molecule has 0 radical (unpaired) electrons. The van der Waals surface area contributed by atoms with Gasteiger partial charge in [-0.15, -0.1) is 0 Å². The van der Waals surface area contributed by atoms with Crippen molar-refractivity contribution in [1.29, 1.82) is 0 Å². The first-order valence-corrected chi connectivity index (χ1v) is 11.7. The SMILES string of the molecule is CCC(C)NC(=O)CNC1C=C(OC)C=CC1(OC)S(=O)(=O)c1ccc(OC)c(OC)c1. The third kappa shape index (κ3) is 5.08. The van der Waals surface area contributed by atoms with Crippen LogP contribution in [0.2, 0.25) is 0 Å². The molecular weight excluding hydrogens is 436 g/mol. The van der Waals surface area contributed by atoms with E-state index >= 15 is 0 Å². The Morgan fingerprint density at radius 1 is 1.12 bits per heavy atom. The minimum atomic E-state index is -4.13. The standard InChI is InChI=1S/C22H32N2O7S/c1-7-15(2)24-21(25)14-23-20-12-16(28-3)10-11-22(20,31-6)32(26,27)17-8-9-18(29-4)19(13-17)30-5/h8-13,15,20,23H,7,14H2,1-6H3,(H,24,25). The van der Waals surface area contributed by atoms with Crippen molar-refractivity contribution in [3.05, 3.63) is 42.2 Å². The van der Waals surface area contributed by atoms with Crippen molar-refractivity contribution in [3.8, 4) is 11.5 Å². The maximum atomic E-state index is 13.8. The van der Waals surface area contributed by atoms with Gasteiger partial charge in [-0.25, -0.2) is 8.42 Å². The Hall–Kier alpha value is -2.56. The Bertz CT molecular complexity index is 974. The Morgan fingerprint density at radius 2 is 1.81 bits per heavy atom. The Labute approximate surface area is 189 Å². The minimum Gasteiger partial charge on any atom is -0.497 e. The summed E-state index contributed by atoms with van der Waals surface area (Å²) in [6.45, 7) is 3.75. The van der Waals surface area contributed by atoms with Gasteiger partial charge in [-0.1, -0.05) is 6.92 Å². The summed E-state index contributed by atoms with van der Waals surface area (Å²) in [5, 5.41) is 5.85. The predicted molar refractivity (Wildman–Crippen MR) is 120 cm³/mol. The fourth-order valence-electron chi connectivity index (χ4n) is 3.34. The average Bonchev–Trinajstić information content (AvgIpc) is 2.81. The van der Waals surface area contributed by atoms with Gasteiger partial charge in [-0.3, -0.25) is 10.1 Å². The zero-order valence-electron chi connectivity index (χ0n) is 19.3. The number of sulfone groups is 1. The van der Waals surface area contributed by atoms with Crippen LogP contribution in [0.4, 0.5) is 0 Å². The number of allylic oxidation sites excluding steroid dienone is 1. The van der Waals surface area contributed by atoms with Gasteiger partial charge in [-0.05, 0) is 43.7 Å². The Kier molecular flexibility index (Phi) is 8.71. The van der Waals surface area contributed by atoms with E-state index in [9.17, 15) is 13.2 Å². The van der Waals surface area contributed by atoms with Gasteiger partial charge < -0.3 is 24.3 Å². The summed E-state index contributed by atoms with van der Waals surface area (Å²) in [6.07, 6.45) is 5.31. The van der Waals surface area contributed by atoms with E-state index in [2.05, 4.69) is 10.6 Å². The highest BCUT2D eigenvalue weighted by Crippen LogP contribution is 2.38. The Morgan fingerprint density at radius 3 is 2.38 bits per heavy atom. The lowest BCUT2D eigenvalue weighted by molar-refractivity contribution is -0.121. The number of rotatable bonds is 11. The van der Waals surface area contributed by atoms with Crippen LogP contribution in [-0.4, -0.2) is 66.3 Å². The summed E-state index contributed by atoms with van der Waals surface area (Å²) in [6, 6.07) is 3.41. The van der Waals surface area contributed by atoms with Gasteiger partial charge in [-0.2, -0.15) is 0 Å². The summed E-state index contributed by atoms with van der Waals surface area (Å²) in [5.74, 6) is 0.857. The molecule has 2 N–H and O–H groups in total. The van der Waals surface area contributed by atoms with Crippen molar-refractivity contribution in [2.75, 3.05) is 35.0 Å². The van der Waals surface area contributed by atoms with Crippen molar-refractivity contribution in [3.63, 3.8) is 0 Å². The Balaban J connectivity index is 2.46. The molecular formula is C22H32N2O7S. The molecule has 1 aliphatic rings. The average molecular weight is 469 g/mol. The van der Waals surface area contributed by atoms with E-state index in [-0.39, 0.29) is 29.1 Å². The van der Waals surface area contributed by atoms with E-state index in [1.54, 1.807) is 6.08 Å². The van der Waals surface area contributed by atoms with Crippen LogP contribution in [-0.2, 0) is 24.1 Å². The molecule has 178 valence electrons. The highest BCUT2D eigenvalue weighted by atomic mass is 32.2. The van der Waals surface area contributed by atoms with E-state index in [1.807, 2.05) is 13.8 Å². The first-order chi connectivity index (χ1) is 15.2. The number of ether oxygens (including phenoxy) is 4. The van der Waals surface area contributed by atoms with Crippen LogP contribution in [0.1, 0.15) is 20.3 Å². The molecule has 1 aromatic rings. The maximum absolute atomic E-state index is 13.8. The van der Waals surface area contributed by atoms with Gasteiger partial charge in [0.15, 0.2) is 11.5 Å². The molecule has 9 nitrogen and oxygen atoms in total. The second-order valence-corrected chi connectivity index (χ2v) is 9.40. The van der Waals surface area contributed by atoms with Crippen molar-refractivity contribution in [1.82, 2.24) is 10.6 Å². The molecule has 2 rings (SSSR count). The monoisotopic (exact) mass is 468 g/mol. The molecule has 1 aliphatic carbocycles. The smallest absolute Gasteiger partial charge is 0.234 e. The topological polar surface area (TPSA) is 112 Å². The first kappa shape index (κ1) is 25.7. The summed E-state index contributed by atoms with van der Waals surface area (Å²) in [5.41, 5.74) is 0. The lowest BCUT2D eigenvalue weighted by Gasteiger charge is -2.37. The molecule has 1 aromatic carbocycles. The van der Waals surface area contributed by atoms with Gasteiger partial charge in [0.05, 0.1) is 38.8 Å². The molecule has 0 aliphatic heterocycles. The van der Waals surface area contributed by atoms with Gasteiger partial charge in [0.2, 0.25) is 20.7 Å². The van der Waals surface area contributed by atoms with Gasteiger partial charge >= 0.3 is 0 Å². The fourth-order valence-corrected chi connectivity index (χ4v) is 5.17. The molecule has 0 saturated heterocycles. The zero-order chi connectivity index (χ0) is 23.9. The lowest BCUT2D eigenvalue weighted by atomic mass is 10.0. The molecule has 0 bridgehead atoms. The lowest BCUT2D eigenvalue weighted by Crippen LogP contribution is -2.57. The minimum absolute atomic E-state index is 0.00306. The summed E-state index contributed by atoms with van der Waals surface area (Å²) in [7, 11) is 1.55. The number of hydrogen-bond donors (Lipinski definition) is 2. The normalized spacial score (nSPS) is 21.4.